The highest BCUT2D eigenvalue weighted by molar-refractivity contribution is 5.89. The third kappa shape index (κ3) is 4.20. The molecule has 0 spiro atoms. The number of carbonyl (C=O) groups excluding carboxylic acids is 1. The Bertz CT molecular complexity index is 848. The van der Waals surface area contributed by atoms with Crippen LogP contribution in [-0.4, -0.2) is 18.2 Å². The van der Waals surface area contributed by atoms with Gasteiger partial charge in [0.05, 0.1) is 12.7 Å². The Hall–Kier alpha value is -2.88. The molecule has 0 saturated carbocycles. The van der Waals surface area contributed by atoms with E-state index in [0.717, 1.165) is 29.0 Å². The Kier molecular flexibility index (Phi) is 5.84. The summed E-state index contributed by atoms with van der Waals surface area (Å²) in [5.74, 6) is 0.383. The Balaban J connectivity index is 1.72. The van der Waals surface area contributed by atoms with Gasteiger partial charge in [-0.05, 0) is 30.5 Å². The minimum absolute atomic E-state index is 0.351. The minimum atomic E-state index is -0.351. The lowest BCUT2D eigenvalue weighted by atomic mass is 10.0. The number of ether oxygens (including phenoxy) is 1. The molecule has 0 radical (unpaired) electrons. The summed E-state index contributed by atoms with van der Waals surface area (Å²) in [7, 11) is 1.37. The largest absolute Gasteiger partial charge is 0.465 e. The summed E-state index contributed by atoms with van der Waals surface area (Å²) >= 11 is 0. The molecule has 0 bridgehead atoms. The average molecular weight is 349 g/mol. The van der Waals surface area contributed by atoms with E-state index in [-0.39, 0.29) is 5.97 Å². The molecule has 1 aromatic heterocycles. The first kappa shape index (κ1) is 17.9. The summed E-state index contributed by atoms with van der Waals surface area (Å²) < 4.78 is 10.2. The fraction of sp³-hybridized carbons (Fsp3) is 0.273. The monoisotopic (exact) mass is 349 g/mol. The van der Waals surface area contributed by atoms with Crippen LogP contribution in [0.1, 0.15) is 42.1 Å². The highest BCUT2D eigenvalue weighted by Gasteiger charge is 2.10. The minimum Gasteiger partial charge on any atom is -0.465 e. The van der Waals surface area contributed by atoms with Gasteiger partial charge in [0, 0.05) is 17.2 Å². The molecule has 4 nitrogen and oxygen atoms in total. The van der Waals surface area contributed by atoms with Gasteiger partial charge >= 0.3 is 5.97 Å². The molecule has 0 fully saturated rings. The van der Waals surface area contributed by atoms with Crippen molar-refractivity contribution in [2.75, 3.05) is 7.11 Å². The van der Waals surface area contributed by atoms with Gasteiger partial charge in [-0.1, -0.05) is 61.3 Å². The van der Waals surface area contributed by atoms with Crippen molar-refractivity contribution in [3.8, 4) is 22.6 Å². The average Bonchev–Trinajstić information content (AvgIpc) is 3.18. The lowest BCUT2D eigenvalue weighted by molar-refractivity contribution is 0.0601. The number of nitrogens with zero attached hydrogens (tertiary/aromatic N) is 1. The van der Waals surface area contributed by atoms with Gasteiger partial charge in [-0.3, -0.25) is 0 Å². The van der Waals surface area contributed by atoms with Crippen LogP contribution in [0.25, 0.3) is 22.6 Å². The van der Waals surface area contributed by atoms with Crippen LogP contribution in [0.15, 0.2) is 59.1 Å². The smallest absolute Gasteiger partial charge is 0.337 e. The van der Waals surface area contributed by atoms with Crippen molar-refractivity contribution >= 4 is 5.97 Å². The molecule has 0 aliphatic heterocycles. The maximum atomic E-state index is 11.5. The van der Waals surface area contributed by atoms with E-state index in [4.69, 9.17) is 9.26 Å². The van der Waals surface area contributed by atoms with Gasteiger partial charge < -0.3 is 9.26 Å². The third-order valence-electron chi connectivity index (χ3n) is 4.42. The van der Waals surface area contributed by atoms with Crippen LogP contribution in [-0.2, 0) is 11.2 Å². The molecular weight excluding hydrogens is 326 g/mol. The SMILES string of the molecule is CCCCCc1ccc(-c2cc(-c3ccc(C(=O)OC)cc3)no2)cc1. The molecule has 4 heteroatoms. The first-order chi connectivity index (χ1) is 12.7. The molecule has 0 N–H and O–H groups in total. The molecule has 3 rings (SSSR count). The van der Waals surface area contributed by atoms with Crippen LogP contribution < -0.4 is 0 Å². The maximum Gasteiger partial charge on any atom is 0.337 e. The summed E-state index contributed by atoms with van der Waals surface area (Å²) in [5, 5.41) is 4.15. The number of carbonyl (C=O) groups is 1. The van der Waals surface area contributed by atoms with E-state index in [1.54, 1.807) is 12.1 Å². The van der Waals surface area contributed by atoms with Gasteiger partial charge in [0.2, 0.25) is 0 Å². The van der Waals surface area contributed by atoms with Gasteiger partial charge in [0.25, 0.3) is 0 Å². The Morgan fingerprint density at radius 3 is 2.35 bits per heavy atom. The van der Waals surface area contributed by atoms with Gasteiger partial charge in [0.15, 0.2) is 5.76 Å². The second-order valence-corrected chi connectivity index (χ2v) is 6.30. The van der Waals surface area contributed by atoms with Gasteiger partial charge in [0.1, 0.15) is 5.69 Å². The third-order valence-corrected chi connectivity index (χ3v) is 4.42. The molecule has 0 aliphatic carbocycles. The van der Waals surface area contributed by atoms with Crippen LogP contribution >= 0.6 is 0 Å². The van der Waals surface area contributed by atoms with Crippen molar-refractivity contribution in [2.45, 2.75) is 32.6 Å². The molecule has 26 heavy (non-hydrogen) atoms. The number of methoxy groups -OCH3 is 1. The van der Waals surface area contributed by atoms with Crippen molar-refractivity contribution < 1.29 is 14.1 Å². The van der Waals surface area contributed by atoms with E-state index >= 15 is 0 Å². The predicted octanol–water partition coefficient (Wildman–Crippen LogP) is 5.53. The van der Waals surface area contributed by atoms with E-state index < -0.39 is 0 Å². The summed E-state index contributed by atoms with van der Waals surface area (Å²) in [6, 6.07) is 17.5. The number of rotatable bonds is 7. The standard InChI is InChI=1S/C22H23NO3/c1-3-4-5-6-16-7-9-18(10-8-16)21-15-20(23-26-21)17-11-13-19(14-12-17)22(24)25-2/h7-15H,3-6H2,1-2H3. The highest BCUT2D eigenvalue weighted by atomic mass is 16.5. The molecular formula is C22H23NO3. The number of aryl methyl sites for hydroxylation is 1. The van der Waals surface area contributed by atoms with Crippen LogP contribution in [0.5, 0.6) is 0 Å². The van der Waals surface area contributed by atoms with Gasteiger partial charge in [-0.25, -0.2) is 4.79 Å². The molecule has 0 aliphatic rings. The molecule has 3 aromatic rings. The van der Waals surface area contributed by atoms with Crippen molar-refractivity contribution in [3.05, 3.63) is 65.7 Å². The molecule has 0 unspecified atom stereocenters. The lowest BCUT2D eigenvalue weighted by Gasteiger charge is -2.01. The van der Waals surface area contributed by atoms with Crippen molar-refractivity contribution in [1.29, 1.82) is 0 Å². The Labute approximate surface area is 153 Å². The molecule has 1 heterocycles. The van der Waals surface area contributed by atoms with E-state index in [0.29, 0.717) is 5.56 Å². The number of esters is 1. The second kappa shape index (κ2) is 8.48. The van der Waals surface area contributed by atoms with Crippen molar-refractivity contribution in [1.82, 2.24) is 5.16 Å². The topological polar surface area (TPSA) is 52.3 Å². The predicted molar refractivity (Wildman–Crippen MR) is 102 cm³/mol. The van der Waals surface area contributed by atoms with E-state index in [9.17, 15) is 4.79 Å². The number of unbranched alkanes of at least 4 members (excludes halogenated alkanes) is 2. The zero-order valence-corrected chi connectivity index (χ0v) is 15.2. The summed E-state index contributed by atoms with van der Waals surface area (Å²) in [6.45, 7) is 2.22. The van der Waals surface area contributed by atoms with Crippen LogP contribution in [0.4, 0.5) is 0 Å². The number of aromatic nitrogens is 1. The van der Waals surface area contributed by atoms with E-state index in [2.05, 4.69) is 36.3 Å². The van der Waals surface area contributed by atoms with Crippen LogP contribution in [0.3, 0.4) is 0 Å². The number of benzene rings is 2. The quantitative estimate of drug-likeness (QED) is 0.416. The first-order valence-electron chi connectivity index (χ1n) is 8.96. The van der Waals surface area contributed by atoms with Crippen LogP contribution in [0, 0.1) is 0 Å². The number of hydrogen-bond donors (Lipinski definition) is 0. The summed E-state index contributed by atoms with van der Waals surface area (Å²) in [5.41, 5.74) is 4.50. The van der Waals surface area contributed by atoms with E-state index in [1.807, 2.05) is 18.2 Å². The van der Waals surface area contributed by atoms with Gasteiger partial charge in [-0.2, -0.15) is 0 Å². The van der Waals surface area contributed by atoms with Crippen molar-refractivity contribution in [3.63, 3.8) is 0 Å². The molecule has 0 atom stereocenters. The van der Waals surface area contributed by atoms with Crippen molar-refractivity contribution in [2.24, 2.45) is 0 Å². The zero-order valence-electron chi connectivity index (χ0n) is 15.2. The lowest BCUT2D eigenvalue weighted by Crippen LogP contribution is -2.00. The molecule has 0 amide bonds. The molecule has 0 saturated heterocycles. The zero-order chi connectivity index (χ0) is 18.4. The van der Waals surface area contributed by atoms with E-state index in [1.165, 1.54) is 31.9 Å². The Morgan fingerprint density at radius 1 is 1.00 bits per heavy atom. The molecule has 2 aromatic carbocycles. The first-order valence-corrected chi connectivity index (χ1v) is 8.96. The Morgan fingerprint density at radius 2 is 1.69 bits per heavy atom. The fourth-order valence-corrected chi connectivity index (χ4v) is 2.86. The molecule has 134 valence electrons. The fourth-order valence-electron chi connectivity index (χ4n) is 2.86. The number of hydrogen-bond acceptors (Lipinski definition) is 4. The van der Waals surface area contributed by atoms with Crippen LogP contribution in [0.2, 0.25) is 0 Å². The maximum absolute atomic E-state index is 11.5. The summed E-state index contributed by atoms with van der Waals surface area (Å²) in [4.78, 5) is 11.5. The second-order valence-electron chi connectivity index (χ2n) is 6.30. The normalized spacial score (nSPS) is 10.7. The van der Waals surface area contributed by atoms with Gasteiger partial charge in [-0.15, -0.1) is 0 Å². The summed E-state index contributed by atoms with van der Waals surface area (Å²) in [6.07, 6.45) is 4.84. The highest BCUT2D eigenvalue weighted by Crippen LogP contribution is 2.26.